The molecule has 0 bridgehead atoms. The summed E-state index contributed by atoms with van der Waals surface area (Å²) in [4.78, 5) is 15.0. The van der Waals surface area contributed by atoms with E-state index in [1.54, 1.807) is 0 Å². The number of nitrogens with zero attached hydrogens (tertiary/aromatic N) is 1. The Hall–Kier alpha value is -0.920. The minimum Gasteiger partial charge on any atom is -0.345 e. The van der Waals surface area contributed by atoms with Gasteiger partial charge in [0.25, 0.3) is 5.78 Å². The summed E-state index contributed by atoms with van der Waals surface area (Å²) in [6, 6.07) is 0. The summed E-state index contributed by atoms with van der Waals surface area (Å²) in [6.07, 6.45) is -2.26. The lowest BCUT2D eigenvalue weighted by molar-refractivity contribution is -0.0414. The maximum atomic E-state index is 12.1. The highest BCUT2D eigenvalue weighted by Crippen LogP contribution is 2.28. The van der Waals surface area contributed by atoms with E-state index in [9.17, 15) is 13.6 Å². The molecule has 2 rings (SSSR count). The van der Waals surface area contributed by atoms with Gasteiger partial charge in [-0.05, 0) is 0 Å². The molecule has 0 N–H and O–H groups in total. The van der Waals surface area contributed by atoms with Crippen molar-refractivity contribution in [2.24, 2.45) is 0 Å². The third-order valence-corrected chi connectivity index (χ3v) is 2.82. The quantitative estimate of drug-likeness (QED) is 0.747. The van der Waals surface area contributed by atoms with E-state index in [0.717, 1.165) is 11.3 Å². The second-order valence-corrected chi connectivity index (χ2v) is 3.87. The van der Waals surface area contributed by atoms with Crippen LogP contribution < -0.4 is 0 Å². The minimum atomic E-state index is -3.02. The lowest BCUT2D eigenvalue weighted by Gasteiger charge is -2.03. The van der Waals surface area contributed by atoms with Gasteiger partial charge in [0.1, 0.15) is 0 Å². The maximum absolute atomic E-state index is 12.1. The molecular formula is C8H7F2NO3S. The van der Waals surface area contributed by atoms with Gasteiger partial charge >= 0.3 is 6.43 Å². The van der Waals surface area contributed by atoms with Crippen molar-refractivity contribution in [3.8, 4) is 0 Å². The number of halogens is 2. The standard InChI is InChI=1S/C8H7F2NO3S/c9-6(10)5(12)7-11-3-4(15-7)8-13-1-2-14-8/h3,6,8H,1-2H2. The summed E-state index contributed by atoms with van der Waals surface area (Å²) in [5, 5.41) is -0.209. The Morgan fingerprint density at radius 3 is 2.80 bits per heavy atom. The molecule has 0 saturated carbocycles. The van der Waals surface area contributed by atoms with E-state index in [-0.39, 0.29) is 5.01 Å². The van der Waals surface area contributed by atoms with Gasteiger partial charge in [-0.3, -0.25) is 4.79 Å². The zero-order valence-electron chi connectivity index (χ0n) is 7.48. The van der Waals surface area contributed by atoms with E-state index < -0.39 is 18.5 Å². The normalized spacial score (nSPS) is 17.5. The van der Waals surface area contributed by atoms with Crippen molar-refractivity contribution in [1.82, 2.24) is 4.98 Å². The molecule has 0 radical (unpaired) electrons. The number of ketones is 1. The van der Waals surface area contributed by atoms with E-state index in [1.807, 2.05) is 0 Å². The first-order valence-electron chi connectivity index (χ1n) is 4.20. The number of rotatable bonds is 3. The summed E-state index contributed by atoms with van der Waals surface area (Å²) in [5.41, 5.74) is 0. The van der Waals surface area contributed by atoms with Gasteiger partial charge in [-0.2, -0.15) is 0 Å². The van der Waals surface area contributed by atoms with Crippen molar-refractivity contribution in [1.29, 1.82) is 0 Å². The Bertz CT molecular complexity index is 363. The van der Waals surface area contributed by atoms with Crippen LogP contribution in [-0.2, 0) is 9.47 Å². The Labute approximate surface area is 87.8 Å². The molecule has 0 spiro atoms. The third kappa shape index (κ3) is 2.19. The maximum Gasteiger partial charge on any atom is 0.303 e. The zero-order valence-corrected chi connectivity index (χ0v) is 8.30. The van der Waals surface area contributed by atoms with Gasteiger partial charge in [0.15, 0.2) is 11.3 Å². The molecule has 0 amide bonds. The summed E-state index contributed by atoms with van der Waals surface area (Å²) in [5.74, 6) is -1.26. The molecule has 4 nitrogen and oxygen atoms in total. The van der Waals surface area contributed by atoms with Gasteiger partial charge in [-0.1, -0.05) is 0 Å². The van der Waals surface area contributed by atoms with Crippen LogP contribution in [0, 0.1) is 0 Å². The number of carbonyl (C=O) groups is 1. The fourth-order valence-corrected chi connectivity index (χ4v) is 1.98. The van der Waals surface area contributed by atoms with Gasteiger partial charge < -0.3 is 9.47 Å². The lowest BCUT2D eigenvalue weighted by atomic mass is 10.4. The van der Waals surface area contributed by atoms with Crippen LogP contribution in [0.1, 0.15) is 21.0 Å². The van der Waals surface area contributed by atoms with Crippen LogP contribution in [0.15, 0.2) is 6.20 Å². The van der Waals surface area contributed by atoms with Crippen LogP contribution in [0.5, 0.6) is 0 Å². The second-order valence-electron chi connectivity index (χ2n) is 2.81. The Morgan fingerprint density at radius 1 is 1.53 bits per heavy atom. The number of thiazole rings is 1. The van der Waals surface area contributed by atoms with Crippen LogP contribution in [-0.4, -0.2) is 30.4 Å². The predicted molar refractivity (Wildman–Crippen MR) is 47.1 cm³/mol. The highest BCUT2D eigenvalue weighted by atomic mass is 32.1. The second kappa shape index (κ2) is 4.30. The molecule has 1 aliphatic rings. The first-order chi connectivity index (χ1) is 7.18. The van der Waals surface area contributed by atoms with Crippen molar-refractivity contribution in [2.45, 2.75) is 12.7 Å². The van der Waals surface area contributed by atoms with Crippen LogP contribution in [0.2, 0.25) is 0 Å². The predicted octanol–water partition coefficient (Wildman–Crippen LogP) is 1.64. The van der Waals surface area contributed by atoms with Crippen molar-refractivity contribution in [3.05, 3.63) is 16.1 Å². The van der Waals surface area contributed by atoms with Crippen LogP contribution in [0.4, 0.5) is 8.78 Å². The lowest BCUT2D eigenvalue weighted by Crippen LogP contribution is -2.09. The molecule has 82 valence electrons. The molecule has 0 aromatic carbocycles. The van der Waals surface area contributed by atoms with Crippen LogP contribution in [0.3, 0.4) is 0 Å². The number of aromatic nitrogens is 1. The van der Waals surface area contributed by atoms with Gasteiger partial charge in [0.2, 0.25) is 0 Å². The molecule has 1 fully saturated rings. The van der Waals surface area contributed by atoms with Gasteiger partial charge in [-0.15, -0.1) is 11.3 Å². The topological polar surface area (TPSA) is 48.4 Å². The van der Waals surface area contributed by atoms with Crippen molar-refractivity contribution in [3.63, 3.8) is 0 Å². The van der Waals surface area contributed by atoms with Gasteiger partial charge in [-0.25, -0.2) is 13.8 Å². The first kappa shape index (κ1) is 10.6. The molecule has 1 aromatic heterocycles. The Morgan fingerprint density at radius 2 is 2.20 bits per heavy atom. The largest absolute Gasteiger partial charge is 0.345 e. The molecule has 1 saturated heterocycles. The van der Waals surface area contributed by atoms with Crippen molar-refractivity contribution >= 4 is 17.1 Å². The fourth-order valence-electron chi connectivity index (χ4n) is 1.13. The molecule has 7 heteroatoms. The average molecular weight is 235 g/mol. The fraction of sp³-hybridized carbons (Fsp3) is 0.500. The van der Waals surface area contributed by atoms with E-state index in [2.05, 4.69) is 4.98 Å². The van der Waals surface area contributed by atoms with Crippen LogP contribution >= 0.6 is 11.3 Å². The molecule has 1 aliphatic heterocycles. The molecule has 0 aliphatic carbocycles. The first-order valence-corrected chi connectivity index (χ1v) is 5.01. The van der Waals surface area contributed by atoms with Gasteiger partial charge in [0, 0.05) is 6.20 Å². The highest BCUT2D eigenvalue weighted by Gasteiger charge is 2.25. The SMILES string of the molecule is O=C(c1ncc(C2OCCO2)s1)C(F)F. The number of hydrogen-bond acceptors (Lipinski definition) is 5. The molecular weight excluding hydrogens is 228 g/mol. The number of hydrogen-bond donors (Lipinski definition) is 0. The summed E-state index contributed by atoms with van der Waals surface area (Å²) >= 11 is 0.876. The van der Waals surface area contributed by atoms with Crippen molar-refractivity contribution in [2.75, 3.05) is 13.2 Å². The molecule has 15 heavy (non-hydrogen) atoms. The zero-order chi connectivity index (χ0) is 10.8. The van der Waals surface area contributed by atoms with E-state index in [4.69, 9.17) is 9.47 Å². The number of carbonyl (C=O) groups excluding carboxylic acids is 1. The molecule has 0 unspecified atom stereocenters. The highest BCUT2D eigenvalue weighted by molar-refractivity contribution is 7.13. The van der Waals surface area contributed by atoms with E-state index in [1.165, 1.54) is 6.20 Å². The molecule has 2 heterocycles. The molecule has 0 atom stereocenters. The smallest absolute Gasteiger partial charge is 0.303 e. The summed E-state index contributed by atoms with van der Waals surface area (Å²) in [6.45, 7) is 0.918. The van der Waals surface area contributed by atoms with Crippen molar-refractivity contribution < 1.29 is 23.0 Å². The van der Waals surface area contributed by atoms with E-state index in [0.29, 0.717) is 18.1 Å². The van der Waals surface area contributed by atoms with E-state index >= 15 is 0 Å². The third-order valence-electron chi connectivity index (χ3n) is 1.79. The Kier molecular flexibility index (Phi) is 3.03. The molecule has 1 aromatic rings. The monoisotopic (exact) mass is 235 g/mol. The summed E-state index contributed by atoms with van der Waals surface area (Å²) in [7, 11) is 0. The average Bonchev–Trinajstić information content (AvgIpc) is 2.86. The summed E-state index contributed by atoms with van der Waals surface area (Å²) < 4.78 is 34.4. The number of alkyl halides is 2. The van der Waals surface area contributed by atoms with Crippen LogP contribution in [0.25, 0.3) is 0 Å². The minimum absolute atomic E-state index is 0.209. The Balaban J connectivity index is 2.12. The number of ether oxygens (including phenoxy) is 2. The number of Topliss-reactive ketones (excluding diaryl/α,β-unsaturated/α-hetero) is 1. The van der Waals surface area contributed by atoms with Gasteiger partial charge in [0.05, 0.1) is 18.1 Å².